The fourth-order valence-corrected chi connectivity index (χ4v) is 1.34. The Labute approximate surface area is 136 Å². The average Bonchev–Trinajstić information content (AvgIpc) is 2.54. The van der Waals surface area contributed by atoms with Crippen LogP contribution in [0, 0.1) is 0 Å². The largest absolute Gasteiger partial charge is 0.543 e. The zero-order chi connectivity index (χ0) is 18.4. The molecule has 0 aromatic carbocycles. The second kappa shape index (κ2) is 13.5. The highest BCUT2D eigenvalue weighted by Gasteiger charge is 2.11. The molecule has 0 aliphatic rings. The molecule has 0 unspecified atom stereocenters. The van der Waals surface area contributed by atoms with Crippen molar-refractivity contribution in [1.82, 2.24) is 0 Å². The molecule has 0 rings (SSSR count). The molecular formula is C16H36N2O4. The molecule has 0 radical (unpaired) electrons. The van der Waals surface area contributed by atoms with Gasteiger partial charge < -0.3 is 28.8 Å². The molecule has 0 spiro atoms. The number of aliphatic carboxylic acids is 2. The Morgan fingerprint density at radius 1 is 0.591 bits per heavy atom. The Balaban J connectivity index is -0.000000249. The number of nitrogens with zero attached hydrogens (tertiary/aromatic N) is 2. The van der Waals surface area contributed by atoms with E-state index in [-0.39, 0.29) is 0 Å². The SMILES string of the molecule is CC[N+](C)(CC)CC.CC[N+](C)(CC)CC.O=C([O-])C(=O)[O-]. The van der Waals surface area contributed by atoms with Gasteiger partial charge in [0.25, 0.3) is 0 Å². The molecule has 0 N–H and O–H groups in total. The van der Waals surface area contributed by atoms with Gasteiger partial charge in [0.15, 0.2) is 0 Å². The van der Waals surface area contributed by atoms with Crippen molar-refractivity contribution >= 4 is 11.9 Å². The summed E-state index contributed by atoms with van der Waals surface area (Å²) in [4.78, 5) is 17.9. The van der Waals surface area contributed by atoms with Gasteiger partial charge in [-0.05, 0) is 41.5 Å². The van der Waals surface area contributed by atoms with E-state index in [4.69, 9.17) is 19.8 Å². The van der Waals surface area contributed by atoms with Crippen LogP contribution in [0.15, 0.2) is 0 Å². The lowest BCUT2D eigenvalue weighted by atomic mass is 10.4. The van der Waals surface area contributed by atoms with Crippen molar-refractivity contribution < 1.29 is 28.8 Å². The molecule has 0 aliphatic carbocycles. The van der Waals surface area contributed by atoms with Gasteiger partial charge in [-0.25, -0.2) is 0 Å². The lowest BCUT2D eigenvalue weighted by Crippen LogP contribution is -2.42. The molecule has 0 heterocycles. The van der Waals surface area contributed by atoms with Crippen molar-refractivity contribution in [3.63, 3.8) is 0 Å². The fraction of sp³-hybridized carbons (Fsp3) is 0.875. The number of carboxylic acids is 2. The lowest BCUT2D eigenvalue weighted by Gasteiger charge is -2.30. The van der Waals surface area contributed by atoms with Crippen molar-refractivity contribution in [3.8, 4) is 0 Å². The normalized spacial score (nSPS) is 10.7. The van der Waals surface area contributed by atoms with Gasteiger partial charge >= 0.3 is 0 Å². The van der Waals surface area contributed by atoms with Gasteiger partial charge in [-0.1, -0.05) is 0 Å². The second-order valence-corrected chi connectivity index (χ2v) is 5.71. The van der Waals surface area contributed by atoms with Crippen molar-refractivity contribution in [2.24, 2.45) is 0 Å². The number of rotatable bonds is 6. The molecule has 0 saturated heterocycles. The molecule has 0 amide bonds. The molecule has 0 aromatic heterocycles. The Morgan fingerprint density at radius 2 is 0.727 bits per heavy atom. The number of hydrogen-bond donors (Lipinski definition) is 0. The topological polar surface area (TPSA) is 80.3 Å². The number of quaternary nitrogens is 2. The lowest BCUT2D eigenvalue weighted by molar-refractivity contribution is -0.904. The zero-order valence-electron chi connectivity index (χ0n) is 15.8. The van der Waals surface area contributed by atoms with E-state index in [9.17, 15) is 0 Å². The van der Waals surface area contributed by atoms with Crippen LogP contribution in [0.5, 0.6) is 0 Å². The van der Waals surface area contributed by atoms with Crippen molar-refractivity contribution in [2.75, 3.05) is 53.4 Å². The molecule has 134 valence electrons. The Hall–Kier alpha value is -1.14. The first-order valence-corrected chi connectivity index (χ1v) is 8.10. The van der Waals surface area contributed by atoms with Crippen LogP contribution in [0.25, 0.3) is 0 Å². The maximum Gasteiger partial charge on any atom is 0.0870 e. The molecule has 6 nitrogen and oxygen atoms in total. The Bertz CT molecular complexity index is 252. The van der Waals surface area contributed by atoms with E-state index < -0.39 is 11.9 Å². The van der Waals surface area contributed by atoms with Crippen LogP contribution in [0.3, 0.4) is 0 Å². The molecule has 0 bridgehead atoms. The number of carbonyl (C=O) groups is 2. The van der Waals surface area contributed by atoms with E-state index in [0.717, 1.165) is 0 Å². The Morgan fingerprint density at radius 3 is 0.727 bits per heavy atom. The quantitative estimate of drug-likeness (QED) is 0.487. The second-order valence-electron chi connectivity index (χ2n) is 5.71. The molecule has 22 heavy (non-hydrogen) atoms. The van der Waals surface area contributed by atoms with Crippen LogP contribution in [-0.2, 0) is 9.59 Å². The van der Waals surface area contributed by atoms with Crippen molar-refractivity contribution in [3.05, 3.63) is 0 Å². The smallest absolute Gasteiger partial charge is 0.0870 e. The highest BCUT2D eigenvalue weighted by atomic mass is 16.4. The maximum absolute atomic E-state index is 8.93. The first-order valence-electron chi connectivity index (χ1n) is 8.10. The first-order chi connectivity index (χ1) is 10.0. The fourth-order valence-electron chi connectivity index (χ4n) is 1.34. The predicted molar refractivity (Wildman–Crippen MR) is 85.6 cm³/mol. The van der Waals surface area contributed by atoms with Gasteiger partial charge in [0.05, 0.1) is 65.3 Å². The molecule has 0 saturated carbocycles. The van der Waals surface area contributed by atoms with Gasteiger partial charge in [0.2, 0.25) is 0 Å². The summed E-state index contributed by atoms with van der Waals surface area (Å²) < 4.78 is 2.42. The van der Waals surface area contributed by atoms with Gasteiger partial charge in [-0.3, -0.25) is 0 Å². The van der Waals surface area contributed by atoms with E-state index >= 15 is 0 Å². The van der Waals surface area contributed by atoms with Gasteiger partial charge in [-0.2, -0.15) is 0 Å². The third kappa shape index (κ3) is 13.8. The third-order valence-corrected chi connectivity index (χ3v) is 4.75. The number of hydrogen-bond acceptors (Lipinski definition) is 4. The summed E-state index contributed by atoms with van der Waals surface area (Å²) in [5.41, 5.74) is 0. The van der Waals surface area contributed by atoms with Crippen molar-refractivity contribution in [2.45, 2.75) is 41.5 Å². The minimum atomic E-state index is -2.19. The van der Waals surface area contributed by atoms with Crippen LogP contribution in [0.4, 0.5) is 0 Å². The highest BCUT2D eigenvalue weighted by molar-refractivity contribution is 6.25. The average molecular weight is 320 g/mol. The van der Waals surface area contributed by atoms with Gasteiger partial charge in [0.1, 0.15) is 0 Å². The summed E-state index contributed by atoms with van der Waals surface area (Å²) in [5, 5.41) is 17.9. The van der Waals surface area contributed by atoms with E-state index in [1.165, 1.54) is 48.2 Å². The van der Waals surface area contributed by atoms with Crippen LogP contribution in [0.2, 0.25) is 0 Å². The van der Waals surface area contributed by atoms with E-state index in [2.05, 4.69) is 55.6 Å². The molecule has 0 atom stereocenters. The maximum atomic E-state index is 8.93. The predicted octanol–water partition coefficient (Wildman–Crippen LogP) is -0.528. The molecule has 0 aliphatic heterocycles. The van der Waals surface area contributed by atoms with E-state index in [0.29, 0.717) is 0 Å². The molecule has 0 aromatic rings. The van der Waals surface area contributed by atoms with Crippen LogP contribution in [-0.4, -0.2) is 74.3 Å². The van der Waals surface area contributed by atoms with E-state index in [1.807, 2.05) is 0 Å². The third-order valence-electron chi connectivity index (χ3n) is 4.75. The monoisotopic (exact) mass is 320 g/mol. The first kappa shape index (κ1) is 25.8. The number of carboxylic acid groups (broad SMARTS) is 2. The molecule has 6 heteroatoms. The van der Waals surface area contributed by atoms with E-state index in [1.54, 1.807) is 0 Å². The summed E-state index contributed by atoms with van der Waals surface area (Å²) in [7, 11) is 4.58. The Kier molecular flexibility index (Phi) is 15.8. The molecule has 0 fully saturated rings. The minimum Gasteiger partial charge on any atom is -0.543 e. The summed E-state index contributed by atoms with van der Waals surface area (Å²) in [6.07, 6.45) is 0. The summed E-state index contributed by atoms with van der Waals surface area (Å²) >= 11 is 0. The van der Waals surface area contributed by atoms with Gasteiger partial charge in [0, 0.05) is 0 Å². The standard InChI is InChI=1S/2C7H18N.C2H2O4/c2*1-5-8(4,6-2)7-3;3-1(4)2(5)6/h2*5-7H2,1-4H3;(H,3,4)(H,5,6)/q2*+1;/p-2. The number of carbonyl (C=O) groups excluding carboxylic acids is 2. The molecular weight excluding hydrogens is 284 g/mol. The van der Waals surface area contributed by atoms with Crippen LogP contribution >= 0.6 is 0 Å². The van der Waals surface area contributed by atoms with Crippen LogP contribution in [0.1, 0.15) is 41.5 Å². The summed E-state index contributed by atoms with van der Waals surface area (Å²) in [6.45, 7) is 21.0. The van der Waals surface area contributed by atoms with Gasteiger partial charge in [-0.15, -0.1) is 0 Å². The highest BCUT2D eigenvalue weighted by Crippen LogP contribution is 1.98. The minimum absolute atomic E-state index is 1.21. The zero-order valence-corrected chi connectivity index (χ0v) is 15.8. The summed E-state index contributed by atoms with van der Waals surface area (Å²) in [5.74, 6) is -4.37. The van der Waals surface area contributed by atoms with Crippen LogP contribution < -0.4 is 10.2 Å². The summed E-state index contributed by atoms with van der Waals surface area (Å²) in [6, 6.07) is 0. The van der Waals surface area contributed by atoms with Crippen molar-refractivity contribution in [1.29, 1.82) is 0 Å².